The summed E-state index contributed by atoms with van der Waals surface area (Å²) in [5.74, 6) is 0.854. The fourth-order valence-corrected chi connectivity index (χ4v) is 2.42. The van der Waals surface area contributed by atoms with Crippen LogP contribution in [0, 0.1) is 5.92 Å². The van der Waals surface area contributed by atoms with Gasteiger partial charge in [0.25, 0.3) is 0 Å². The van der Waals surface area contributed by atoms with Crippen molar-refractivity contribution in [2.24, 2.45) is 5.92 Å². The summed E-state index contributed by atoms with van der Waals surface area (Å²) in [6.45, 7) is 3.70. The molecule has 1 N–H and O–H groups in total. The molecule has 0 aliphatic carbocycles. The number of hydrogen-bond acceptors (Lipinski definition) is 3. The van der Waals surface area contributed by atoms with Crippen LogP contribution in [0.25, 0.3) is 0 Å². The predicted molar refractivity (Wildman–Crippen MR) is 61.7 cm³/mol. The smallest absolute Gasteiger partial charge is 0.246 e. The second-order valence-electron chi connectivity index (χ2n) is 4.79. The van der Waals surface area contributed by atoms with E-state index in [1.165, 1.54) is 12.8 Å². The molecule has 2 heterocycles. The lowest BCUT2D eigenvalue weighted by molar-refractivity contribution is -0.197. The second kappa shape index (κ2) is 6.21. The van der Waals surface area contributed by atoms with E-state index in [1.807, 2.05) is 0 Å². The van der Waals surface area contributed by atoms with Crippen LogP contribution in [0.1, 0.15) is 38.5 Å². The Labute approximate surface area is 97.3 Å². The van der Waals surface area contributed by atoms with E-state index >= 15 is 0 Å². The SMILES string of the molecule is O=C(CCC1CCCNC1)N1CCCCO1. The third kappa shape index (κ3) is 3.46. The fraction of sp³-hybridized carbons (Fsp3) is 0.917. The van der Waals surface area contributed by atoms with E-state index in [2.05, 4.69) is 5.32 Å². The molecule has 1 atom stereocenters. The standard InChI is InChI=1S/C12H22N2O2/c15-12(14-8-1-2-9-16-14)6-5-11-4-3-7-13-10-11/h11,13H,1-10H2. The largest absolute Gasteiger partial charge is 0.316 e. The first kappa shape index (κ1) is 11.9. The van der Waals surface area contributed by atoms with E-state index < -0.39 is 0 Å². The van der Waals surface area contributed by atoms with Crippen LogP contribution in [0.3, 0.4) is 0 Å². The van der Waals surface area contributed by atoms with Gasteiger partial charge >= 0.3 is 0 Å². The molecule has 1 unspecified atom stereocenters. The highest BCUT2D eigenvalue weighted by Crippen LogP contribution is 2.17. The van der Waals surface area contributed by atoms with Crippen LogP contribution in [-0.4, -0.2) is 37.2 Å². The van der Waals surface area contributed by atoms with Crippen LogP contribution in [0.2, 0.25) is 0 Å². The molecule has 2 aliphatic rings. The van der Waals surface area contributed by atoms with Gasteiger partial charge in [-0.05, 0) is 51.1 Å². The average Bonchev–Trinajstić information content (AvgIpc) is 2.38. The summed E-state index contributed by atoms with van der Waals surface area (Å²) in [5, 5.41) is 4.95. The number of amides is 1. The Bertz CT molecular complexity index is 221. The first-order valence-corrected chi connectivity index (χ1v) is 6.50. The van der Waals surface area contributed by atoms with Gasteiger partial charge < -0.3 is 5.32 Å². The minimum atomic E-state index is 0.172. The van der Waals surface area contributed by atoms with E-state index in [-0.39, 0.29) is 5.91 Å². The van der Waals surface area contributed by atoms with Crippen LogP contribution in [0.15, 0.2) is 0 Å². The second-order valence-corrected chi connectivity index (χ2v) is 4.79. The molecule has 92 valence electrons. The summed E-state index contributed by atoms with van der Waals surface area (Å²) in [6, 6.07) is 0. The molecule has 4 nitrogen and oxygen atoms in total. The molecule has 2 rings (SSSR count). The van der Waals surface area contributed by atoms with Crippen molar-refractivity contribution in [2.75, 3.05) is 26.2 Å². The number of rotatable bonds is 3. The fourth-order valence-electron chi connectivity index (χ4n) is 2.42. The van der Waals surface area contributed by atoms with Gasteiger partial charge in [-0.3, -0.25) is 9.63 Å². The van der Waals surface area contributed by atoms with Crippen LogP contribution in [0.4, 0.5) is 0 Å². The van der Waals surface area contributed by atoms with E-state index in [9.17, 15) is 4.79 Å². The minimum absolute atomic E-state index is 0.172. The summed E-state index contributed by atoms with van der Waals surface area (Å²) in [7, 11) is 0. The van der Waals surface area contributed by atoms with Crippen LogP contribution in [-0.2, 0) is 9.63 Å². The van der Waals surface area contributed by atoms with Gasteiger partial charge in [-0.1, -0.05) is 0 Å². The Kier molecular flexibility index (Phi) is 4.60. The third-order valence-corrected chi connectivity index (χ3v) is 3.45. The zero-order valence-corrected chi connectivity index (χ0v) is 9.91. The maximum Gasteiger partial charge on any atom is 0.246 e. The lowest BCUT2D eigenvalue weighted by Crippen LogP contribution is -2.36. The van der Waals surface area contributed by atoms with Crippen molar-refractivity contribution in [3.05, 3.63) is 0 Å². The minimum Gasteiger partial charge on any atom is -0.316 e. The van der Waals surface area contributed by atoms with Gasteiger partial charge in [0, 0.05) is 13.0 Å². The summed E-state index contributed by atoms with van der Waals surface area (Å²) >= 11 is 0. The topological polar surface area (TPSA) is 41.6 Å². The molecule has 0 spiro atoms. The zero-order chi connectivity index (χ0) is 11.2. The Hall–Kier alpha value is -0.610. The van der Waals surface area contributed by atoms with Gasteiger partial charge in [0.05, 0.1) is 6.61 Å². The monoisotopic (exact) mass is 226 g/mol. The third-order valence-electron chi connectivity index (χ3n) is 3.45. The lowest BCUT2D eigenvalue weighted by atomic mass is 9.94. The Morgan fingerprint density at radius 2 is 2.31 bits per heavy atom. The molecule has 2 fully saturated rings. The quantitative estimate of drug-likeness (QED) is 0.789. The number of nitrogens with zero attached hydrogens (tertiary/aromatic N) is 1. The Morgan fingerprint density at radius 3 is 3.00 bits per heavy atom. The first-order valence-electron chi connectivity index (χ1n) is 6.50. The molecule has 4 heteroatoms. The number of piperidine rings is 1. The molecule has 0 radical (unpaired) electrons. The first-order chi connectivity index (χ1) is 7.86. The lowest BCUT2D eigenvalue weighted by Gasteiger charge is -2.27. The van der Waals surface area contributed by atoms with Crippen LogP contribution >= 0.6 is 0 Å². The van der Waals surface area contributed by atoms with Gasteiger partial charge in [0.15, 0.2) is 0 Å². The molecule has 2 saturated heterocycles. The van der Waals surface area contributed by atoms with Gasteiger partial charge in [0.1, 0.15) is 0 Å². The summed E-state index contributed by atoms with van der Waals surface area (Å²) < 4.78 is 0. The molecule has 0 bridgehead atoms. The highest BCUT2D eigenvalue weighted by atomic mass is 16.7. The number of nitrogens with one attached hydrogen (secondary N) is 1. The van der Waals surface area contributed by atoms with E-state index in [0.29, 0.717) is 18.9 Å². The number of carbonyl (C=O) groups is 1. The number of hydroxylamine groups is 2. The van der Waals surface area contributed by atoms with E-state index in [4.69, 9.17) is 4.84 Å². The van der Waals surface area contributed by atoms with Crippen molar-refractivity contribution in [2.45, 2.75) is 38.5 Å². The molecule has 0 aromatic heterocycles. The van der Waals surface area contributed by atoms with Crippen LogP contribution < -0.4 is 5.32 Å². The highest BCUT2D eigenvalue weighted by molar-refractivity contribution is 5.75. The number of hydrogen-bond donors (Lipinski definition) is 1. The van der Waals surface area contributed by atoms with Crippen molar-refractivity contribution < 1.29 is 9.63 Å². The Morgan fingerprint density at radius 1 is 1.38 bits per heavy atom. The molecular weight excluding hydrogens is 204 g/mol. The van der Waals surface area contributed by atoms with Crippen molar-refractivity contribution in [1.29, 1.82) is 0 Å². The van der Waals surface area contributed by atoms with Crippen molar-refractivity contribution in [3.63, 3.8) is 0 Å². The average molecular weight is 226 g/mol. The maximum absolute atomic E-state index is 11.8. The van der Waals surface area contributed by atoms with Crippen molar-refractivity contribution in [3.8, 4) is 0 Å². The number of carbonyl (C=O) groups excluding carboxylic acids is 1. The van der Waals surface area contributed by atoms with Gasteiger partial charge in [-0.15, -0.1) is 0 Å². The molecule has 1 amide bonds. The zero-order valence-electron chi connectivity index (χ0n) is 9.91. The van der Waals surface area contributed by atoms with Gasteiger partial charge in [-0.25, -0.2) is 5.06 Å². The van der Waals surface area contributed by atoms with E-state index in [0.717, 1.165) is 38.9 Å². The summed E-state index contributed by atoms with van der Waals surface area (Å²) in [5.41, 5.74) is 0. The maximum atomic E-state index is 11.8. The predicted octanol–water partition coefficient (Wildman–Crippen LogP) is 1.32. The molecule has 0 saturated carbocycles. The summed E-state index contributed by atoms with van der Waals surface area (Å²) in [4.78, 5) is 17.2. The summed E-state index contributed by atoms with van der Waals surface area (Å²) in [6.07, 6.45) is 6.32. The van der Waals surface area contributed by atoms with Gasteiger partial charge in [0.2, 0.25) is 5.91 Å². The molecule has 0 aromatic carbocycles. The molecule has 16 heavy (non-hydrogen) atoms. The highest BCUT2D eigenvalue weighted by Gasteiger charge is 2.20. The van der Waals surface area contributed by atoms with Crippen molar-refractivity contribution >= 4 is 5.91 Å². The van der Waals surface area contributed by atoms with Crippen molar-refractivity contribution in [1.82, 2.24) is 10.4 Å². The van der Waals surface area contributed by atoms with Gasteiger partial charge in [-0.2, -0.15) is 0 Å². The molecular formula is C12H22N2O2. The molecule has 2 aliphatic heterocycles. The normalized spacial score (nSPS) is 26.8. The molecule has 0 aromatic rings. The van der Waals surface area contributed by atoms with E-state index in [1.54, 1.807) is 5.06 Å². The van der Waals surface area contributed by atoms with Crippen LogP contribution in [0.5, 0.6) is 0 Å². The Balaban J connectivity index is 1.65.